The fraction of sp³-hybridized carbons (Fsp3) is 0.438. The molecule has 1 heterocycles. The van der Waals surface area contributed by atoms with Crippen LogP contribution in [0.1, 0.15) is 5.56 Å². The number of ether oxygens (including phenoxy) is 1. The molecule has 0 aliphatic carbocycles. The molecule has 0 saturated carbocycles. The third-order valence-electron chi connectivity index (χ3n) is 3.26. The molecule has 0 fully saturated rings. The lowest BCUT2D eigenvalue weighted by molar-refractivity contribution is 0.0787. The number of alkyl halides is 1. The highest BCUT2D eigenvalue weighted by molar-refractivity contribution is 9.08. The van der Waals surface area contributed by atoms with Gasteiger partial charge in [-0.15, -0.1) is 0 Å². The highest BCUT2D eigenvalue weighted by Gasteiger charge is 2.12. The zero-order valence-corrected chi connectivity index (χ0v) is 15.6. The summed E-state index contributed by atoms with van der Waals surface area (Å²) >= 11 is 3.46. The molecule has 21 heavy (non-hydrogen) atoms. The smallest absolute Gasteiger partial charge is 0.139 e. The number of hydrogen-bond donors (Lipinski definition) is 0. The monoisotopic (exact) mass is 366 g/mol. The van der Waals surface area contributed by atoms with Gasteiger partial charge in [0, 0.05) is 31.8 Å². The van der Waals surface area contributed by atoms with Gasteiger partial charge in [-0.2, -0.15) is 5.10 Å². The van der Waals surface area contributed by atoms with E-state index < -0.39 is 8.07 Å². The van der Waals surface area contributed by atoms with E-state index in [2.05, 4.69) is 64.9 Å². The normalized spacial score (nSPS) is 11.8. The summed E-state index contributed by atoms with van der Waals surface area (Å²) in [5, 5.41) is 5.44. The standard InChI is InChI=1S/C16H23BrN2OSi/c1-21(2,3)11-10-20-13-19-9-8-16(18-19)15-6-4-14(12-17)5-7-15/h4-9H,10-13H2,1-3H3. The van der Waals surface area contributed by atoms with Crippen molar-refractivity contribution in [3.63, 3.8) is 0 Å². The summed E-state index contributed by atoms with van der Waals surface area (Å²) in [6, 6.07) is 11.7. The molecule has 0 amide bonds. The predicted molar refractivity (Wildman–Crippen MR) is 94.4 cm³/mol. The van der Waals surface area contributed by atoms with Crippen LogP contribution in [0, 0.1) is 0 Å². The van der Waals surface area contributed by atoms with E-state index in [9.17, 15) is 0 Å². The molecule has 5 heteroatoms. The van der Waals surface area contributed by atoms with Gasteiger partial charge in [-0.25, -0.2) is 4.68 Å². The van der Waals surface area contributed by atoms with E-state index in [1.54, 1.807) is 0 Å². The number of benzene rings is 1. The summed E-state index contributed by atoms with van der Waals surface area (Å²) in [5.41, 5.74) is 3.40. The lowest BCUT2D eigenvalue weighted by atomic mass is 10.1. The van der Waals surface area contributed by atoms with Crippen LogP contribution < -0.4 is 0 Å². The molecule has 2 aromatic rings. The first-order valence-corrected chi connectivity index (χ1v) is 12.1. The Morgan fingerprint density at radius 3 is 2.48 bits per heavy atom. The summed E-state index contributed by atoms with van der Waals surface area (Å²) in [7, 11) is -1.01. The molecule has 114 valence electrons. The maximum absolute atomic E-state index is 5.71. The molecule has 0 unspecified atom stereocenters. The number of aromatic nitrogens is 2. The van der Waals surface area contributed by atoms with Crippen molar-refractivity contribution < 1.29 is 4.74 Å². The lowest BCUT2D eigenvalue weighted by Crippen LogP contribution is -2.22. The zero-order chi connectivity index (χ0) is 15.3. The number of halogens is 1. The van der Waals surface area contributed by atoms with E-state index in [1.165, 1.54) is 11.6 Å². The van der Waals surface area contributed by atoms with Crippen LogP contribution in [0.3, 0.4) is 0 Å². The Morgan fingerprint density at radius 1 is 1.14 bits per heavy atom. The van der Waals surface area contributed by atoms with E-state index in [1.807, 2.05) is 16.9 Å². The highest BCUT2D eigenvalue weighted by atomic mass is 79.9. The third-order valence-corrected chi connectivity index (χ3v) is 5.62. The lowest BCUT2D eigenvalue weighted by Gasteiger charge is -2.15. The average molecular weight is 367 g/mol. The van der Waals surface area contributed by atoms with Gasteiger partial charge in [-0.3, -0.25) is 0 Å². The van der Waals surface area contributed by atoms with Crippen molar-refractivity contribution in [2.75, 3.05) is 6.61 Å². The fourth-order valence-corrected chi connectivity index (χ4v) is 3.02. The first-order chi connectivity index (χ1) is 9.98. The summed E-state index contributed by atoms with van der Waals surface area (Å²) in [6.45, 7) is 8.44. The first-order valence-electron chi connectivity index (χ1n) is 7.24. The van der Waals surface area contributed by atoms with Crippen molar-refractivity contribution >= 4 is 24.0 Å². The second kappa shape index (κ2) is 7.38. The minimum absolute atomic E-state index is 0.532. The van der Waals surface area contributed by atoms with Gasteiger partial charge >= 0.3 is 0 Å². The minimum Gasteiger partial charge on any atom is -0.360 e. The second-order valence-electron chi connectivity index (χ2n) is 6.42. The molecule has 0 radical (unpaired) electrons. The Kier molecular flexibility index (Phi) is 5.78. The Labute approximate surface area is 136 Å². The third kappa shape index (κ3) is 5.41. The van der Waals surface area contributed by atoms with Crippen LogP contribution in [0.2, 0.25) is 25.7 Å². The molecule has 0 N–H and O–H groups in total. The van der Waals surface area contributed by atoms with Gasteiger partial charge in [0.15, 0.2) is 0 Å². The summed E-state index contributed by atoms with van der Waals surface area (Å²) in [6.07, 6.45) is 1.97. The van der Waals surface area contributed by atoms with Crippen LogP contribution in [-0.4, -0.2) is 24.5 Å². The maximum Gasteiger partial charge on any atom is 0.139 e. The van der Waals surface area contributed by atoms with Crippen LogP contribution >= 0.6 is 15.9 Å². The van der Waals surface area contributed by atoms with Crippen molar-refractivity contribution in [2.45, 2.75) is 37.7 Å². The number of rotatable bonds is 7. The Bertz CT molecular complexity index is 560. The van der Waals surface area contributed by atoms with Crippen LogP contribution in [0.5, 0.6) is 0 Å². The SMILES string of the molecule is C[Si](C)(C)CCOCn1ccc(-c2ccc(CBr)cc2)n1. The Hall–Kier alpha value is -0.913. The molecule has 0 aliphatic rings. The summed E-state index contributed by atoms with van der Waals surface area (Å²) in [5.74, 6) is 0. The van der Waals surface area contributed by atoms with E-state index in [0.29, 0.717) is 6.73 Å². The predicted octanol–water partition coefficient (Wildman–Crippen LogP) is 4.76. The van der Waals surface area contributed by atoms with Crippen LogP contribution in [0.4, 0.5) is 0 Å². The topological polar surface area (TPSA) is 27.1 Å². The quantitative estimate of drug-likeness (QED) is 0.401. The Morgan fingerprint density at radius 2 is 1.86 bits per heavy atom. The van der Waals surface area contributed by atoms with Gasteiger partial charge in [0.05, 0.1) is 5.69 Å². The zero-order valence-electron chi connectivity index (χ0n) is 13.0. The van der Waals surface area contributed by atoms with Gasteiger partial charge in [-0.1, -0.05) is 59.8 Å². The number of nitrogens with zero attached hydrogens (tertiary/aromatic N) is 2. The number of hydrogen-bond acceptors (Lipinski definition) is 2. The van der Waals surface area contributed by atoms with Gasteiger partial charge in [0.25, 0.3) is 0 Å². The van der Waals surface area contributed by atoms with E-state index >= 15 is 0 Å². The van der Waals surface area contributed by atoms with E-state index in [-0.39, 0.29) is 0 Å². The molecular weight excluding hydrogens is 344 g/mol. The first kappa shape index (κ1) is 16.5. The van der Waals surface area contributed by atoms with Gasteiger partial charge in [-0.05, 0) is 17.7 Å². The molecule has 1 aromatic heterocycles. The molecule has 0 bridgehead atoms. The highest BCUT2D eigenvalue weighted by Crippen LogP contribution is 2.18. The molecular formula is C16H23BrN2OSi. The molecule has 1 aromatic carbocycles. The van der Waals surface area contributed by atoms with Crippen molar-refractivity contribution in [2.24, 2.45) is 0 Å². The molecule has 0 atom stereocenters. The summed E-state index contributed by atoms with van der Waals surface area (Å²) < 4.78 is 7.57. The summed E-state index contributed by atoms with van der Waals surface area (Å²) in [4.78, 5) is 0. The Balaban J connectivity index is 1.88. The van der Waals surface area contributed by atoms with Crippen molar-refractivity contribution in [1.82, 2.24) is 9.78 Å². The van der Waals surface area contributed by atoms with Gasteiger partial charge in [0.1, 0.15) is 6.73 Å². The largest absolute Gasteiger partial charge is 0.360 e. The molecule has 3 nitrogen and oxygen atoms in total. The van der Waals surface area contributed by atoms with Gasteiger partial charge < -0.3 is 4.74 Å². The van der Waals surface area contributed by atoms with E-state index in [0.717, 1.165) is 23.2 Å². The maximum atomic E-state index is 5.71. The molecule has 0 aliphatic heterocycles. The van der Waals surface area contributed by atoms with Crippen LogP contribution in [-0.2, 0) is 16.8 Å². The molecule has 2 rings (SSSR count). The second-order valence-corrected chi connectivity index (χ2v) is 12.6. The van der Waals surface area contributed by atoms with Gasteiger partial charge in [0.2, 0.25) is 0 Å². The average Bonchev–Trinajstić information content (AvgIpc) is 2.91. The van der Waals surface area contributed by atoms with Crippen molar-refractivity contribution in [3.8, 4) is 11.3 Å². The van der Waals surface area contributed by atoms with E-state index in [4.69, 9.17) is 4.74 Å². The fourth-order valence-electron chi connectivity index (χ4n) is 1.89. The van der Waals surface area contributed by atoms with Crippen molar-refractivity contribution in [1.29, 1.82) is 0 Å². The van der Waals surface area contributed by atoms with Crippen LogP contribution in [0.25, 0.3) is 11.3 Å². The van der Waals surface area contributed by atoms with Crippen LogP contribution in [0.15, 0.2) is 36.5 Å². The van der Waals surface area contributed by atoms with Crippen molar-refractivity contribution in [3.05, 3.63) is 42.1 Å². The minimum atomic E-state index is -1.01. The molecule has 0 saturated heterocycles. The molecule has 0 spiro atoms.